The minimum absolute atomic E-state index is 0.0612. The number of Topliss-reactive ketones (excluding diaryl/α,β-unsaturated/α-hetero) is 1. The van der Waals surface area contributed by atoms with Gasteiger partial charge in [0.1, 0.15) is 12.2 Å². The van der Waals surface area contributed by atoms with Crippen LogP contribution in [0.1, 0.15) is 63.5 Å². The van der Waals surface area contributed by atoms with E-state index in [2.05, 4.69) is 15.6 Å². The molecule has 59 heavy (non-hydrogen) atoms. The molecule has 7 rings (SSSR count). The van der Waals surface area contributed by atoms with Gasteiger partial charge in [-0.15, -0.1) is 0 Å². The molecule has 2 aromatic carbocycles. The molecule has 9 atom stereocenters. The molecule has 3 fully saturated rings. The zero-order chi connectivity index (χ0) is 42.3. The summed E-state index contributed by atoms with van der Waals surface area (Å²) in [5.41, 5.74) is 2.09. The van der Waals surface area contributed by atoms with Gasteiger partial charge in [0.05, 0.1) is 25.1 Å². The van der Waals surface area contributed by atoms with Crippen molar-refractivity contribution >= 4 is 45.9 Å². The molecule has 6 N–H and O–H groups in total. The Kier molecular flexibility index (Phi) is 11.5. The highest BCUT2D eigenvalue weighted by Gasteiger charge is 2.75. The minimum atomic E-state index is -2.11. The molecule has 2 unspecified atom stereocenters. The highest BCUT2D eigenvalue weighted by Crippen LogP contribution is 2.70. The normalized spacial score (nSPS) is 31.3. The summed E-state index contributed by atoms with van der Waals surface area (Å²) in [6.45, 7) is 3.66. The number of aromatic nitrogens is 1. The molecule has 1 aromatic heterocycles. The van der Waals surface area contributed by atoms with E-state index in [0.29, 0.717) is 41.6 Å². The number of aliphatic hydroxyl groups excluding tert-OH is 1. The lowest BCUT2D eigenvalue weighted by atomic mass is 9.44. The minimum Gasteiger partial charge on any atom is -0.460 e. The van der Waals surface area contributed by atoms with Crippen LogP contribution < -0.4 is 16.4 Å². The summed E-state index contributed by atoms with van der Waals surface area (Å²) >= 11 is 0. The number of carbonyl (C=O) groups excluding carboxylic acids is 5. The van der Waals surface area contributed by atoms with Crippen molar-refractivity contribution in [2.75, 3.05) is 31.6 Å². The third-order valence-corrected chi connectivity index (χ3v) is 13.8. The van der Waals surface area contributed by atoms with E-state index in [9.17, 15) is 34.2 Å². The SMILES string of the molecule is C[C@H]1CC2C3CCC4=CC(=O)C=C[C@]4(C)[C@@]3(F)[C@@H](O)C[C@]2(C)[C@@]1(O)C(=O)COC(=O)CNCC(=O)OCc1ccc([C@@H](CN)C(=O)Nc2ccc3cnccc3c2)cc1. The lowest BCUT2D eigenvalue weighted by Crippen LogP contribution is -2.69. The molecule has 4 aliphatic carbocycles. The monoisotopic (exact) mass is 810 g/mol. The number of pyridine rings is 1. The largest absolute Gasteiger partial charge is 0.460 e. The summed E-state index contributed by atoms with van der Waals surface area (Å²) in [4.78, 5) is 68.2. The maximum Gasteiger partial charge on any atom is 0.320 e. The molecule has 0 spiro atoms. The highest BCUT2D eigenvalue weighted by molar-refractivity contribution is 6.01. The molecular weight excluding hydrogens is 760 g/mol. The van der Waals surface area contributed by atoms with E-state index in [1.807, 2.05) is 18.2 Å². The van der Waals surface area contributed by atoms with E-state index in [4.69, 9.17) is 15.2 Å². The highest BCUT2D eigenvalue weighted by atomic mass is 19.1. The number of carbonyl (C=O) groups is 5. The predicted molar refractivity (Wildman–Crippen MR) is 215 cm³/mol. The van der Waals surface area contributed by atoms with Crippen LogP contribution in [0.5, 0.6) is 0 Å². The average Bonchev–Trinajstić information content (AvgIpc) is 3.41. The number of fused-ring (bicyclic) bond motifs is 6. The second-order valence-corrected chi connectivity index (χ2v) is 17.0. The van der Waals surface area contributed by atoms with E-state index in [1.54, 1.807) is 69.6 Å². The number of halogens is 1. The third-order valence-electron chi connectivity index (χ3n) is 13.8. The number of esters is 2. The molecule has 4 aliphatic rings. The fourth-order valence-corrected chi connectivity index (χ4v) is 10.6. The fraction of sp³-hybridized carbons (Fsp3) is 0.467. The van der Waals surface area contributed by atoms with Crippen LogP contribution in [-0.4, -0.2) is 88.2 Å². The van der Waals surface area contributed by atoms with E-state index >= 15 is 4.39 Å². The van der Waals surface area contributed by atoms with Gasteiger partial charge in [-0.3, -0.25) is 34.3 Å². The molecule has 3 saturated carbocycles. The Bertz CT molecular complexity index is 2230. The van der Waals surface area contributed by atoms with E-state index in [-0.39, 0.29) is 37.8 Å². The predicted octanol–water partition coefficient (Wildman–Crippen LogP) is 4.01. The van der Waals surface area contributed by atoms with E-state index < -0.39 is 82.7 Å². The maximum atomic E-state index is 17.4. The Labute approximate surface area is 341 Å². The van der Waals surface area contributed by atoms with Crippen molar-refractivity contribution in [2.45, 2.75) is 76.4 Å². The van der Waals surface area contributed by atoms with Crippen LogP contribution in [0.4, 0.5) is 10.1 Å². The van der Waals surface area contributed by atoms with E-state index in [1.165, 1.54) is 12.2 Å². The van der Waals surface area contributed by atoms with Gasteiger partial charge in [0, 0.05) is 46.8 Å². The van der Waals surface area contributed by atoms with Crippen molar-refractivity contribution in [1.29, 1.82) is 0 Å². The van der Waals surface area contributed by atoms with Crippen LogP contribution in [0.15, 0.2) is 84.7 Å². The number of ketones is 2. The zero-order valence-electron chi connectivity index (χ0n) is 33.4. The number of ether oxygens (including phenoxy) is 2. The Morgan fingerprint density at radius 2 is 1.75 bits per heavy atom. The van der Waals surface area contributed by atoms with E-state index in [0.717, 1.165) is 10.8 Å². The van der Waals surface area contributed by atoms with Crippen LogP contribution in [-0.2, 0) is 40.1 Å². The molecular formula is C45H51FN4O9. The van der Waals surface area contributed by atoms with Gasteiger partial charge in [-0.05, 0) is 91.3 Å². The summed E-state index contributed by atoms with van der Waals surface area (Å²) < 4.78 is 28.0. The smallest absolute Gasteiger partial charge is 0.320 e. The standard InChI is InChI=1S/C45H51FN4O9/c1-26-16-36-35-11-9-31-18-33(51)12-14-42(31,2)44(35,46)37(52)19-43(36,3)45(26,57)38(53)25-59-40(55)23-49-22-39(54)58-24-27-4-6-28(7-5-27)34(20-47)41(56)50-32-10-8-30-21-48-15-13-29(30)17-32/h4-8,10,12-15,17-18,21,26,34-37,49,52,57H,9,11,16,19-20,22-25,47H2,1-3H3,(H,50,56)/t26-,34+,35?,36?,37-,42-,43-,44-,45-/m0/s1. The van der Waals surface area contributed by atoms with Gasteiger partial charge in [-0.25, -0.2) is 4.39 Å². The van der Waals surface area contributed by atoms with Crippen LogP contribution >= 0.6 is 0 Å². The Balaban J connectivity index is 0.866. The number of hydrogen-bond acceptors (Lipinski definition) is 12. The van der Waals surface area contributed by atoms with Gasteiger partial charge < -0.3 is 30.7 Å². The number of allylic oxidation sites excluding steroid dienone is 4. The first-order valence-electron chi connectivity index (χ1n) is 20.1. The molecule has 13 nitrogen and oxygen atoms in total. The van der Waals surface area contributed by atoms with Crippen LogP contribution in [0, 0.1) is 28.6 Å². The maximum absolute atomic E-state index is 17.4. The van der Waals surface area contributed by atoms with Gasteiger partial charge in [-0.1, -0.05) is 55.8 Å². The molecule has 3 aromatic rings. The van der Waals surface area contributed by atoms with Crippen molar-refractivity contribution in [3.63, 3.8) is 0 Å². The Morgan fingerprint density at radius 3 is 2.47 bits per heavy atom. The Morgan fingerprint density at radius 1 is 1.02 bits per heavy atom. The number of nitrogens with one attached hydrogen (secondary N) is 2. The molecule has 0 bridgehead atoms. The van der Waals surface area contributed by atoms with Crippen molar-refractivity contribution < 1.29 is 48.0 Å². The van der Waals surface area contributed by atoms with Gasteiger partial charge in [0.2, 0.25) is 11.7 Å². The number of hydrogen-bond donors (Lipinski definition) is 5. The lowest BCUT2D eigenvalue weighted by molar-refractivity contribution is -0.220. The molecule has 14 heteroatoms. The first-order chi connectivity index (χ1) is 28.0. The molecule has 0 saturated heterocycles. The van der Waals surface area contributed by atoms with Crippen LogP contribution in [0.25, 0.3) is 10.8 Å². The summed E-state index contributed by atoms with van der Waals surface area (Å²) in [7, 11) is 0. The summed E-state index contributed by atoms with van der Waals surface area (Å²) in [5, 5.41) is 31.1. The second-order valence-electron chi connectivity index (χ2n) is 17.0. The topological polar surface area (TPSA) is 207 Å². The number of benzene rings is 2. The average molecular weight is 811 g/mol. The first kappa shape index (κ1) is 42.0. The van der Waals surface area contributed by atoms with Gasteiger partial charge in [0.15, 0.2) is 18.1 Å². The fourth-order valence-electron chi connectivity index (χ4n) is 10.6. The lowest BCUT2D eigenvalue weighted by Gasteiger charge is -2.62. The van der Waals surface area contributed by atoms with Gasteiger partial charge >= 0.3 is 11.9 Å². The quantitative estimate of drug-likeness (QED) is 0.155. The van der Waals surface area contributed by atoms with Crippen LogP contribution in [0.3, 0.4) is 0 Å². The number of alkyl halides is 1. The number of aliphatic hydroxyl groups is 2. The van der Waals surface area contributed by atoms with Crippen molar-refractivity contribution in [3.05, 3.63) is 95.9 Å². The molecule has 1 heterocycles. The number of nitrogens with zero attached hydrogens (tertiary/aromatic N) is 1. The van der Waals surface area contributed by atoms with Crippen molar-refractivity contribution in [3.8, 4) is 0 Å². The van der Waals surface area contributed by atoms with Crippen molar-refractivity contribution in [1.82, 2.24) is 10.3 Å². The molecule has 312 valence electrons. The summed E-state index contributed by atoms with van der Waals surface area (Å²) in [6, 6.07) is 14.4. The van der Waals surface area contributed by atoms with Crippen molar-refractivity contribution in [2.24, 2.45) is 34.3 Å². The molecule has 1 amide bonds. The number of nitrogens with two attached hydrogens (primary N) is 1. The second kappa shape index (κ2) is 16.1. The van der Waals surface area contributed by atoms with Crippen LogP contribution in [0.2, 0.25) is 0 Å². The summed E-state index contributed by atoms with van der Waals surface area (Å²) in [6.07, 6.45) is 7.20. The number of rotatable bonds is 13. The molecule has 0 radical (unpaired) electrons. The third kappa shape index (κ3) is 7.30. The summed E-state index contributed by atoms with van der Waals surface area (Å²) in [5.74, 6) is -5.07. The van der Waals surface area contributed by atoms with Gasteiger partial charge in [0.25, 0.3) is 0 Å². The Hall–Kier alpha value is -5.15. The molecule has 0 aliphatic heterocycles. The first-order valence-corrected chi connectivity index (χ1v) is 20.1. The number of amides is 1. The number of anilines is 1. The zero-order valence-corrected chi connectivity index (χ0v) is 33.4. The van der Waals surface area contributed by atoms with Gasteiger partial charge in [-0.2, -0.15) is 0 Å².